The van der Waals surface area contributed by atoms with Crippen LogP contribution >= 0.6 is 0 Å². The Morgan fingerprint density at radius 2 is 1.76 bits per heavy atom. The van der Waals surface area contributed by atoms with Gasteiger partial charge in [-0.3, -0.25) is 0 Å². The van der Waals surface area contributed by atoms with E-state index in [0.717, 1.165) is 0 Å². The molecular formula is C15H32N2. The fourth-order valence-electron chi connectivity index (χ4n) is 3.21. The van der Waals surface area contributed by atoms with E-state index in [9.17, 15) is 0 Å². The van der Waals surface area contributed by atoms with Crippen LogP contribution in [0.25, 0.3) is 0 Å². The van der Waals surface area contributed by atoms with Crippen LogP contribution in [0.1, 0.15) is 59.8 Å². The van der Waals surface area contributed by atoms with Gasteiger partial charge < -0.3 is 10.6 Å². The van der Waals surface area contributed by atoms with Gasteiger partial charge in [0, 0.05) is 12.6 Å². The number of nitrogens with zero attached hydrogens (tertiary/aromatic N) is 1. The first-order valence-corrected chi connectivity index (χ1v) is 7.46. The van der Waals surface area contributed by atoms with Gasteiger partial charge in [-0.2, -0.15) is 0 Å². The Balaban J connectivity index is 2.50. The minimum absolute atomic E-state index is 0.430. The summed E-state index contributed by atoms with van der Waals surface area (Å²) in [5.41, 5.74) is 6.82. The zero-order valence-electron chi connectivity index (χ0n) is 12.3. The normalized spacial score (nSPS) is 28.6. The summed E-state index contributed by atoms with van der Waals surface area (Å²) in [5, 5.41) is 0. The summed E-state index contributed by atoms with van der Waals surface area (Å²) in [7, 11) is 0. The van der Waals surface area contributed by atoms with Crippen LogP contribution < -0.4 is 5.73 Å². The van der Waals surface area contributed by atoms with Gasteiger partial charge in [-0.1, -0.05) is 27.7 Å². The molecule has 1 aliphatic rings. The maximum Gasteiger partial charge on any atom is 0.00797 e. The van der Waals surface area contributed by atoms with E-state index < -0.39 is 0 Å². The largest absolute Gasteiger partial charge is 0.327 e. The SMILES string of the molecule is CCCN(CCC)CC1CC(C)(C)CCC1N. The van der Waals surface area contributed by atoms with Crippen molar-refractivity contribution in [3.05, 3.63) is 0 Å². The molecule has 2 N–H and O–H groups in total. The Kier molecular flexibility index (Phi) is 5.94. The van der Waals surface area contributed by atoms with E-state index >= 15 is 0 Å². The van der Waals surface area contributed by atoms with E-state index in [1.165, 1.54) is 51.7 Å². The molecule has 0 aromatic heterocycles. The molecule has 102 valence electrons. The lowest BCUT2D eigenvalue weighted by Crippen LogP contribution is -2.45. The smallest absolute Gasteiger partial charge is 0.00797 e. The van der Waals surface area contributed by atoms with Crippen molar-refractivity contribution in [3.8, 4) is 0 Å². The maximum atomic E-state index is 6.31. The van der Waals surface area contributed by atoms with Crippen molar-refractivity contribution in [2.24, 2.45) is 17.1 Å². The van der Waals surface area contributed by atoms with Gasteiger partial charge in [0.25, 0.3) is 0 Å². The van der Waals surface area contributed by atoms with E-state index in [-0.39, 0.29) is 0 Å². The topological polar surface area (TPSA) is 29.3 Å². The number of nitrogens with two attached hydrogens (primary N) is 1. The lowest BCUT2D eigenvalue weighted by molar-refractivity contribution is 0.114. The third-order valence-electron chi connectivity index (χ3n) is 4.15. The third kappa shape index (κ3) is 4.97. The van der Waals surface area contributed by atoms with E-state index in [2.05, 4.69) is 32.6 Å². The van der Waals surface area contributed by atoms with Gasteiger partial charge in [0.1, 0.15) is 0 Å². The number of rotatable bonds is 6. The average molecular weight is 240 g/mol. The molecule has 1 saturated carbocycles. The standard InChI is InChI=1S/C15H32N2/c1-5-9-17(10-6-2)12-13-11-15(3,4)8-7-14(13)16/h13-14H,5-12,16H2,1-4H3. The molecule has 0 spiro atoms. The quantitative estimate of drug-likeness (QED) is 0.772. The summed E-state index contributed by atoms with van der Waals surface area (Å²) in [6.07, 6.45) is 6.32. The van der Waals surface area contributed by atoms with E-state index in [0.29, 0.717) is 17.4 Å². The molecule has 1 fully saturated rings. The van der Waals surface area contributed by atoms with E-state index in [1.807, 2.05) is 0 Å². The molecule has 2 heteroatoms. The lowest BCUT2D eigenvalue weighted by Gasteiger charge is -2.41. The minimum Gasteiger partial charge on any atom is -0.327 e. The van der Waals surface area contributed by atoms with Gasteiger partial charge in [0.2, 0.25) is 0 Å². The predicted molar refractivity (Wildman–Crippen MR) is 76.1 cm³/mol. The number of hydrogen-bond acceptors (Lipinski definition) is 2. The summed E-state index contributed by atoms with van der Waals surface area (Å²) in [4.78, 5) is 2.62. The van der Waals surface area contributed by atoms with E-state index in [1.54, 1.807) is 0 Å². The van der Waals surface area contributed by atoms with Crippen molar-refractivity contribution in [1.29, 1.82) is 0 Å². The molecule has 2 unspecified atom stereocenters. The van der Waals surface area contributed by atoms with Crippen LogP contribution in [0.3, 0.4) is 0 Å². The maximum absolute atomic E-state index is 6.31. The van der Waals surface area contributed by atoms with Gasteiger partial charge >= 0.3 is 0 Å². The Bertz CT molecular complexity index is 207. The molecule has 17 heavy (non-hydrogen) atoms. The van der Waals surface area contributed by atoms with Crippen LogP contribution in [0.15, 0.2) is 0 Å². The Labute approximate surface area is 108 Å². The predicted octanol–water partition coefficient (Wildman–Crippen LogP) is 3.26. The lowest BCUT2D eigenvalue weighted by atomic mass is 9.70. The fraction of sp³-hybridized carbons (Fsp3) is 1.00. The highest BCUT2D eigenvalue weighted by Gasteiger charge is 2.33. The minimum atomic E-state index is 0.430. The van der Waals surface area contributed by atoms with Crippen LogP contribution in [0.4, 0.5) is 0 Å². The Morgan fingerprint density at radius 3 is 2.29 bits per heavy atom. The second-order valence-electron chi connectivity index (χ2n) is 6.63. The first-order chi connectivity index (χ1) is 7.98. The summed E-state index contributed by atoms with van der Waals surface area (Å²) in [6.45, 7) is 13.0. The first-order valence-electron chi connectivity index (χ1n) is 7.46. The van der Waals surface area contributed by atoms with Crippen molar-refractivity contribution in [2.75, 3.05) is 19.6 Å². The van der Waals surface area contributed by atoms with Crippen LogP contribution in [-0.2, 0) is 0 Å². The molecule has 0 bridgehead atoms. The highest BCUT2D eigenvalue weighted by atomic mass is 15.1. The van der Waals surface area contributed by atoms with Crippen LogP contribution in [0.2, 0.25) is 0 Å². The molecule has 2 atom stereocenters. The Hall–Kier alpha value is -0.0800. The fourth-order valence-corrected chi connectivity index (χ4v) is 3.21. The Morgan fingerprint density at radius 1 is 1.18 bits per heavy atom. The van der Waals surface area contributed by atoms with Crippen molar-refractivity contribution >= 4 is 0 Å². The summed E-state index contributed by atoms with van der Waals surface area (Å²) < 4.78 is 0. The first kappa shape index (κ1) is 15.0. The molecular weight excluding hydrogens is 208 g/mol. The molecule has 0 amide bonds. The molecule has 1 aliphatic carbocycles. The third-order valence-corrected chi connectivity index (χ3v) is 4.15. The molecule has 0 aliphatic heterocycles. The van der Waals surface area contributed by atoms with Crippen LogP contribution in [0.5, 0.6) is 0 Å². The van der Waals surface area contributed by atoms with Crippen LogP contribution in [-0.4, -0.2) is 30.6 Å². The summed E-state index contributed by atoms with van der Waals surface area (Å²) in [6, 6.07) is 0.430. The average Bonchev–Trinajstić information content (AvgIpc) is 2.24. The molecule has 0 aromatic carbocycles. The molecule has 0 aromatic rings. The molecule has 2 nitrogen and oxygen atoms in total. The summed E-state index contributed by atoms with van der Waals surface area (Å²) >= 11 is 0. The monoisotopic (exact) mass is 240 g/mol. The van der Waals surface area contributed by atoms with Crippen molar-refractivity contribution < 1.29 is 0 Å². The van der Waals surface area contributed by atoms with E-state index in [4.69, 9.17) is 5.73 Å². The molecule has 0 heterocycles. The highest BCUT2D eigenvalue weighted by molar-refractivity contribution is 4.88. The van der Waals surface area contributed by atoms with Crippen molar-refractivity contribution in [3.63, 3.8) is 0 Å². The zero-order valence-corrected chi connectivity index (χ0v) is 12.3. The second kappa shape index (κ2) is 6.75. The van der Waals surface area contributed by atoms with Crippen molar-refractivity contribution in [2.45, 2.75) is 65.8 Å². The summed E-state index contributed by atoms with van der Waals surface area (Å²) in [5.74, 6) is 0.705. The van der Waals surface area contributed by atoms with Gasteiger partial charge in [-0.05, 0) is 56.5 Å². The van der Waals surface area contributed by atoms with Crippen LogP contribution in [0, 0.1) is 11.3 Å². The van der Waals surface area contributed by atoms with Gasteiger partial charge in [-0.15, -0.1) is 0 Å². The number of hydrogen-bond donors (Lipinski definition) is 1. The highest BCUT2D eigenvalue weighted by Crippen LogP contribution is 2.38. The van der Waals surface area contributed by atoms with Gasteiger partial charge in [0.15, 0.2) is 0 Å². The van der Waals surface area contributed by atoms with Crippen molar-refractivity contribution in [1.82, 2.24) is 4.90 Å². The van der Waals surface area contributed by atoms with Gasteiger partial charge in [-0.25, -0.2) is 0 Å². The second-order valence-corrected chi connectivity index (χ2v) is 6.63. The molecule has 0 radical (unpaired) electrons. The molecule has 1 rings (SSSR count). The molecule has 0 saturated heterocycles. The van der Waals surface area contributed by atoms with Gasteiger partial charge in [0.05, 0.1) is 0 Å². The zero-order chi connectivity index (χ0) is 12.9.